The second kappa shape index (κ2) is 4.28. The van der Waals surface area contributed by atoms with Crippen LogP contribution in [0.1, 0.15) is 24.3 Å². The van der Waals surface area contributed by atoms with Gasteiger partial charge in [0.1, 0.15) is 5.69 Å². The molecular weight excluding hydrogens is 204 g/mol. The molecule has 1 heterocycles. The van der Waals surface area contributed by atoms with Crippen LogP contribution in [0.2, 0.25) is 5.02 Å². The number of hydrogen-bond acceptors (Lipinski definition) is 2. The molecule has 5 heteroatoms. The molecule has 14 heavy (non-hydrogen) atoms. The van der Waals surface area contributed by atoms with E-state index in [2.05, 4.69) is 10.3 Å². The molecule has 0 saturated heterocycles. The van der Waals surface area contributed by atoms with Gasteiger partial charge in [-0.15, -0.1) is 0 Å². The summed E-state index contributed by atoms with van der Waals surface area (Å²) in [5, 5.41) is 2.87. The van der Waals surface area contributed by atoms with E-state index in [4.69, 9.17) is 11.6 Å². The van der Waals surface area contributed by atoms with Gasteiger partial charge >= 0.3 is 0 Å². The monoisotopic (exact) mass is 214 g/mol. The summed E-state index contributed by atoms with van der Waals surface area (Å²) in [4.78, 5) is 24.8. The summed E-state index contributed by atoms with van der Waals surface area (Å²) < 4.78 is 0. The van der Waals surface area contributed by atoms with Crippen LogP contribution >= 0.6 is 11.6 Å². The number of aromatic amines is 1. The number of aromatic nitrogens is 1. The third kappa shape index (κ3) is 2.60. The Morgan fingerprint density at radius 1 is 1.50 bits per heavy atom. The van der Waals surface area contributed by atoms with Gasteiger partial charge < -0.3 is 10.3 Å². The van der Waals surface area contributed by atoms with Gasteiger partial charge in [-0.3, -0.25) is 9.59 Å². The highest BCUT2D eigenvalue weighted by Gasteiger charge is 2.11. The Morgan fingerprint density at radius 2 is 2.14 bits per heavy atom. The fraction of sp³-hybridized carbons (Fsp3) is 0.333. The van der Waals surface area contributed by atoms with Crippen molar-refractivity contribution in [1.82, 2.24) is 10.3 Å². The normalized spacial score (nSPS) is 10.3. The molecular formula is C9H11ClN2O2. The maximum atomic E-state index is 11.5. The quantitative estimate of drug-likeness (QED) is 0.776. The van der Waals surface area contributed by atoms with Gasteiger partial charge in [-0.25, -0.2) is 0 Å². The second-order valence-electron chi connectivity index (χ2n) is 3.17. The van der Waals surface area contributed by atoms with Crippen LogP contribution in [0.4, 0.5) is 0 Å². The van der Waals surface area contributed by atoms with Gasteiger partial charge in [0.2, 0.25) is 5.56 Å². The first-order chi connectivity index (χ1) is 6.50. The molecule has 0 saturated carbocycles. The van der Waals surface area contributed by atoms with E-state index in [1.54, 1.807) is 0 Å². The standard InChI is InChI=1S/C9H11ClN2O2/c1-5(2)11-9(14)8-6(10)3-4-7(13)12-8/h3-5H,1-2H3,(H,11,14)(H,12,13). The predicted octanol–water partition coefficient (Wildman–Crippen LogP) is 1.17. The summed E-state index contributed by atoms with van der Waals surface area (Å²) in [6.45, 7) is 3.65. The van der Waals surface area contributed by atoms with Gasteiger partial charge in [0.05, 0.1) is 5.02 Å². The van der Waals surface area contributed by atoms with E-state index in [-0.39, 0.29) is 28.2 Å². The van der Waals surface area contributed by atoms with Gasteiger partial charge in [0.15, 0.2) is 0 Å². The zero-order valence-corrected chi connectivity index (χ0v) is 8.68. The van der Waals surface area contributed by atoms with Crippen LogP contribution in [-0.4, -0.2) is 16.9 Å². The molecule has 1 amide bonds. The molecule has 76 valence electrons. The number of H-pyrrole nitrogens is 1. The Balaban J connectivity index is 3.00. The fourth-order valence-corrected chi connectivity index (χ4v) is 1.15. The van der Waals surface area contributed by atoms with Crippen LogP contribution in [0.15, 0.2) is 16.9 Å². The highest BCUT2D eigenvalue weighted by molar-refractivity contribution is 6.33. The molecule has 0 aliphatic heterocycles. The van der Waals surface area contributed by atoms with Crippen molar-refractivity contribution in [1.29, 1.82) is 0 Å². The van der Waals surface area contributed by atoms with E-state index in [1.165, 1.54) is 12.1 Å². The van der Waals surface area contributed by atoms with E-state index in [0.717, 1.165) is 0 Å². The Kier molecular flexibility index (Phi) is 3.30. The molecule has 0 aliphatic carbocycles. The van der Waals surface area contributed by atoms with Crippen molar-refractivity contribution >= 4 is 17.5 Å². The third-order valence-corrected chi connectivity index (χ3v) is 1.83. The predicted molar refractivity (Wildman–Crippen MR) is 54.7 cm³/mol. The molecule has 1 aromatic heterocycles. The number of carbonyl (C=O) groups excluding carboxylic acids is 1. The van der Waals surface area contributed by atoms with E-state index >= 15 is 0 Å². The Labute approximate surface area is 86.3 Å². The lowest BCUT2D eigenvalue weighted by molar-refractivity contribution is 0.0938. The summed E-state index contributed by atoms with van der Waals surface area (Å²) in [5.74, 6) is -0.372. The number of nitrogens with one attached hydrogen (secondary N) is 2. The van der Waals surface area contributed by atoms with Gasteiger partial charge in [0.25, 0.3) is 5.91 Å². The molecule has 0 fully saturated rings. The molecule has 0 atom stereocenters. The summed E-state index contributed by atoms with van der Waals surface area (Å²) in [5.41, 5.74) is -0.240. The highest BCUT2D eigenvalue weighted by Crippen LogP contribution is 2.10. The summed E-state index contributed by atoms with van der Waals surface area (Å²) >= 11 is 5.74. The molecule has 1 rings (SSSR count). The van der Waals surface area contributed by atoms with Crippen molar-refractivity contribution in [2.45, 2.75) is 19.9 Å². The van der Waals surface area contributed by atoms with Gasteiger partial charge in [0, 0.05) is 12.1 Å². The summed E-state index contributed by atoms with van der Waals surface area (Å²) in [7, 11) is 0. The number of halogens is 1. The molecule has 0 unspecified atom stereocenters. The minimum absolute atomic E-state index is 0.00211. The molecule has 0 bridgehead atoms. The third-order valence-electron chi connectivity index (χ3n) is 1.51. The maximum Gasteiger partial charge on any atom is 0.269 e. The van der Waals surface area contributed by atoms with E-state index in [9.17, 15) is 9.59 Å². The molecule has 4 nitrogen and oxygen atoms in total. The van der Waals surface area contributed by atoms with Crippen LogP contribution in [0.25, 0.3) is 0 Å². The minimum atomic E-state index is -0.372. The number of amides is 1. The zero-order chi connectivity index (χ0) is 10.7. The molecule has 0 aliphatic rings. The van der Waals surface area contributed by atoms with Crippen LogP contribution in [-0.2, 0) is 0 Å². The number of rotatable bonds is 2. The Bertz CT molecular complexity index is 398. The molecule has 1 aromatic rings. The number of hydrogen-bond donors (Lipinski definition) is 2. The average Bonchev–Trinajstić information content (AvgIpc) is 2.08. The first-order valence-corrected chi connectivity index (χ1v) is 4.58. The minimum Gasteiger partial charge on any atom is -0.349 e. The maximum absolute atomic E-state index is 11.5. The van der Waals surface area contributed by atoms with Crippen molar-refractivity contribution in [3.63, 3.8) is 0 Å². The van der Waals surface area contributed by atoms with Gasteiger partial charge in [-0.1, -0.05) is 11.6 Å². The van der Waals surface area contributed by atoms with Crippen molar-refractivity contribution in [3.05, 3.63) is 33.2 Å². The van der Waals surface area contributed by atoms with Crippen molar-refractivity contribution < 1.29 is 4.79 Å². The largest absolute Gasteiger partial charge is 0.349 e. The van der Waals surface area contributed by atoms with E-state index in [0.29, 0.717) is 0 Å². The Morgan fingerprint density at radius 3 is 2.71 bits per heavy atom. The van der Waals surface area contributed by atoms with Crippen LogP contribution in [0, 0.1) is 0 Å². The Hall–Kier alpha value is -1.29. The molecule has 0 radical (unpaired) electrons. The van der Waals surface area contributed by atoms with Crippen LogP contribution in [0.5, 0.6) is 0 Å². The summed E-state index contributed by atoms with van der Waals surface area (Å²) in [6.07, 6.45) is 0. The smallest absolute Gasteiger partial charge is 0.269 e. The van der Waals surface area contributed by atoms with Crippen LogP contribution < -0.4 is 10.9 Å². The van der Waals surface area contributed by atoms with Crippen molar-refractivity contribution in [3.8, 4) is 0 Å². The SMILES string of the molecule is CC(C)NC(=O)c1[nH]c(=O)ccc1Cl. The first-order valence-electron chi connectivity index (χ1n) is 4.20. The van der Waals surface area contributed by atoms with E-state index < -0.39 is 0 Å². The second-order valence-corrected chi connectivity index (χ2v) is 3.58. The number of carbonyl (C=O) groups is 1. The molecule has 0 aromatic carbocycles. The first kappa shape index (κ1) is 10.8. The van der Waals surface area contributed by atoms with Crippen molar-refractivity contribution in [2.75, 3.05) is 0 Å². The van der Waals surface area contributed by atoms with Gasteiger partial charge in [-0.2, -0.15) is 0 Å². The lowest BCUT2D eigenvalue weighted by Gasteiger charge is -2.08. The molecule has 0 spiro atoms. The number of pyridine rings is 1. The van der Waals surface area contributed by atoms with Crippen LogP contribution in [0.3, 0.4) is 0 Å². The van der Waals surface area contributed by atoms with E-state index in [1.807, 2.05) is 13.8 Å². The fourth-order valence-electron chi connectivity index (χ4n) is 0.956. The average molecular weight is 215 g/mol. The van der Waals surface area contributed by atoms with Crippen molar-refractivity contribution in [2.24, 2.45) is 0 Å². The topological polar surface area (TPSA) is 62.0 Å². The zero-order valence-electron chi connectivity index (χ0n) is 7.93. The molecule has 2 N–H and O–H groups in total. The lowest BCUT2D eigenvalue weighted by Crippen LogP contribution is -2.32. The summed E-state index contributed by atoms with van der Waals surface area (Å²) in [6, 6.07) is 2.67. The lowest BCUT2D eigenvalue weighted by atomic mass is 10.3. The van der Waals surface area contributed by atoms with Gasteiger partial charge in [-0.05, 0) is 19.9 Å². The highest BCUT2D eigenvalue weighted by atomic mass is 35.5.